The molecule has 0 bridgehead atoms. The smallest absolute Gasteiger partial charge is 0.280 e. The summed E-state index contributed by atoms with van der Waals surface area (Å²) >= 11 is 3.41. The SMILES string of the molecule is CCOc1ccc(C(=O)n2nnc3ccccc32)cc1Br. The Morgan fingerprint density at radius 1 is 1.29 bits per heavy atom. The molecule has 0 spiro atoms. The van der Waals surface area contributed by atoms with E-state index in [4.69, 9.17) is 4.74 Å². The van der Waals surface area contributed by atoms with Gasteiger partial charge in [-0.1, -0.05) is 17.3 Å². The van der Waals surface area contributed by atoms with E-state index in [2.05, 4.69) is 26.2 Å². The molecule has 0 saturated heterocycles. The van der Waals surface area contributed by atoms with Crippen molar-refractivity contribution in [1.82, 2.24) is 15.0 Å². The largest absolute Gasteiger partial charge is 0.493 e. The summed E-state index contributed by atoms with van der Waals surface area (Å²) in [5.74, 6) is 0.477. The number of rotatable bonds is 3. The summed E-state index contributed by atoms with van der Waals surface area (Å²) in [7, 11) is 0. The van der Waals surface area contributed by atoms with Gasteiger partial charge in [-0.05, 0) is 53.2 Å². The second-order valence-electron chi connectivity index (χ2n) is 4.37. The third-order valence-electron chi connectivity index (χ3n) is 3.02. The number of aromatic nitrogens is 3. The highest BCUT2D eigenvalue weighted by Gasteiger charge is 2.15. The first-order valence-corrected chi connectivity index (χ1v) is 7.27. The van der Waals surface area contributed by atoms with Crippen LogP contribution in [0.15, 0.2) is 46.9 Å². The normalized spacial score (nSPS) is 10.8. The number of halogens is 1. The first kappa shape index (κ1) is 13.8. The number of fused-ring (bicyclic) bond motifs is 1. The van der Waals surface area contributed by atoms with Crippen LogP contribution in [0.5, 0.6) is 5.75 Å². The van der Waals surface area contributed by atoms with Crippen molar-refractivity contribution >= 4 is 32.9 Å². The Kier molecular flexibility index (Phi) is 3.70. The van der Waals surface area contributed by atoms with Crippen LogP contribution in [0.4, 0.5) is 0 Å². The van der Waals surface area contributed by atoms with Crippen LogP contribution in [-0.4, -0.2) is 27.5 Å². The minimum absolute atomic E-state index is 0.229. The number of nitrogens with zero attached hydrogens (tertiary/aromatic N) is 3. The predicted octanol–water partition coefficient (Wildman–Crippen LogP) is 3.28. The Morgan fingerprint density at radius 3 is 2.86 bits per heavy atom. The average Bonchev–Trinajstić information content (AvgIpc) is 2.93. The van der Waals surface area contributed by atoms with Crippen LogP contribution in [0.2, 0.25) is 0 Å². The third kappa shape index (κ3) is 2.54. The molecule has 1 aromatic heterocycles. The van der Waals surface area contributed by atoms with Gasteiger partial charge in [0, 0.05) is 5.56 Å². The van der Waals surface area contributed by atoms with Gasteiger partial charge < -0.3 is 4.74 Å². The first-order chi connectivity index (χ1) is 10.2. The van der Waals surface area contributed by atoms with Crippen molar-refractivity contribution in [1.29, 1.82) is 0 Å². The van der Waals surface area contributed by atoms with Gasteiger partial charge in [0.15, 0.2) is 0 Å². The maximum absolute atomic E-state index is 12.5. The molecule has 6 heteroatoms. The molecule has 0 amide bonds. The average molecular weight is 346 g/mol. The fourth-order valence-electron chi connectivity index (χ4n) is 2.05. The number of ether oxygens (including phenoxy) is 1. The summed E-state index contributed by atoms with van der Waals surface area (Å²) in [6.45, 7) is 2.48. The lowest BCUT2D eigenvalue weighted by molar-refractivity contribution is 0.0948. The van der Waals surface area contributed by atoms with E-state index in [9.17, 15) is 4.79 Å². The van der Waals surface area contributed by atoms with Crippen LogP contribution in [0.3, 0.4) is 0 Å². The third-order valence-corrected chi connectivity index (χ3v) is 3.64. The number of benzene rings is 2. The van der Waals surface area contributed by atoms with Crippen LogP contribution in [0.25, 0.3) is 11.0 Å². The first-order valence-electron chi connectivity index (χ1n) is 6.48. The molecule has 0 saturated carbocycles. The lowest BCUT2D eigenvalue weighted by Gasteiger charge is -2.07. The molecule has 0 fully saturated rings. The standard InChI is InChI=1S/C15H12BrN3O2/c1-2-21-14-8-7-10(9-11(14)16)15(20)19-13-6-4-3-5-12(13)17-18-19/h3-9H,2H2,1H3. The Bertz CT molecular complexity index is 814. The molecule has 0 aliphatic rings. The Labute approximate surface area is 129 Å². The molecule has 0 atom stereocenters. The summed E-state index contributed by atoms with van der Waals surface area (Å²) in [5, 5.41) is 7.92. The quantitative estimate of drug-likeness (QED) is 0.730. The maximum atomic E-state index is 12.5. The van der Waals surface area contributed by atoms with Crippen molar-refractivity contribution in [3.63, 3.8) is 0 Å². The highest BCUT2D eigenvalue weighted by Crippen LogP contribution is 2.26. The summed E-state index contributed by atoms with van der Waals surface area (Å²) < 4.78 is 7.48. The van der Waals surface area contributed by atoms with Crippen molar-refractivity contribution in [2.75, 3.05) is 6.61 Å². The molecule has 3 rings (SSSR count). The lowest BCUT2D eigenvalue weighted by atomic mass is 10.2. The van der Waals surface area contributed by atoms with Gasteiger partial charge in [-0.3, -0.25) is 4.79 Å². The fourth-order valence-corrected chi connectivity index (χ4v) is 2.54. The number of carbonyl (C=O) groups excluding carboxylic acids is 1. The molecular formula is C15H12BrN3O2. The van der Waals surface area contributed by atoms with Gasteiger partial charge in [0.2, 0.25) is 0 Å². The molecule has 0 aliphatic carbocycles. The van der Waals surface area contributed by atoms with Gasteiger partial charge in [-0.25, -0.2) is 0 Å². The Hall–Kier alpha value is -2.21. The number of hydrogen-bond donors (Lipinski definition) is 0. The number of hydrogen-bond acceptors (Lipinski definition) is 4. The minimum Gasteiger partial charge on any atom is -0.493 e. The number of carbonyl (C=O) groups is 1. The van der Waals surface area contributed by atoms with E-state index in [1.54, 1.807) is 18.2 Å². The van der Waals surface area contributed by atoms with Gasteiger partial charge in [0.25, 0.3) is 5.91 Å². The van der Waals surface area contributed by atoms with E-state index >= 15 is 0 Å². The van der Waals surface area contributed by atoms with Crippen molar-refractivity contribution in [2.24, 2.45) is 0 Å². The molecule has 0 aliphatic heterocycles. The Morgan fingerprint density at radius 2 is 2.10 bits per heavy atom. The monoisotopic (exact) mass is 345 g/mol. The molecule has 0 N–H and O–H groups in total. The van der Waals surface area contributed by atoms with Gasteiger partial charge in [-0.2, -0.15) is 4.68 Å². The second kappa shape index (κ2) is 5.65. The molecular weight excluding hydrogens is 334 g/mol. The molecule has 0 unspecified atom stereocenters. The topological polar surface area (TPSA) is 57.0 Å². The van der Waals surface area contributed by atoms with Crippen molar-refractivity contribution in [2.45, 2.75) is 6.92 Å². The van der Waals surface area contributed by atoms with E-state index in [1.807, 2.05) is 31.2 Å². The Balaban J connectivity index is 2.00. The summed E-state index contributed by atoms with van der Waals surface area (Å²) in [5.41, 5.74) is 1.89. The lowest BCUT2D eigenvalue weighted by Crippen LogP contribution is -2.13. The van der Waals surface area contributed by atoms with Crippen LogP contribution < -0.4 is 4.74 Å². The van der Waals surface area contributed by atoms with Crippen LogP contribution in [-0.2, 0) is 0 Å². The highest BCUT2D eigenvalue weighted by molar-refractivity contribution is 9.10. The van der Waals surface area contributed by atoms with Gasteiger partial charge in [0.1, 0.15) is 11.3 Å². The zero-order valence-electron chi connectivity index (χ0n) is 11.3. The van der Waals surface area contributed by atoms with Gasteiger partial charge in [-0.15, -0.1) is 5.10 Å². The maximum Gasteiger partial charge on any atom is 0.280 e. The fraction of sp³-hybridized carbons (Fsp3) is 0.133. The van der Waals surface area contributed by atoms with E-state index < -0.39 is 0 Å². The van der Waals surface area contributed by atoms with Crippen molar-refractivity contribution < 1.29 is 9.53 Å². The molecule has 5 nitrogen and oxygen atoms in total. The molecule has 21 heavy (non-hydrogen) atoms. The molecule has 3 aromatic rings. The number of para-hydroxylation sites is 1. The molecule has 1 heterocycles. The van der Waals surface area contributed by atoms with E-state index in [-0.39, 0.29) is 5.91 Å². The minimum atomic E-state index is -0.229. The molecule has 106 valence electrons. The zero-order valence-corrected chi connectivity index (χ0v) is 12.9. The van der Waals surface area contributed by atoms with Crippen LogP contribution in [0, 0.1) is 0 Å². The van der Waals surface area contributed by atoms with Crippen molar-refractivity contribution in [3.8, 4) is 5.75 Å². The second-order valence-corrected chi connectivity index (χ2v) is 5.23. The van der Waals surface area contributed by atoms with E-state index in [1.165, 1.54) is 4.68 Å². The van der Waals surface area contributed by atoms with Crippen molar-refractivity contribution in [3.05, 3.63) is 52.5 Å². The van der Waals surface area contributed by atoms with Gasteiger partial charge in [0.05, 0.1) is 16.6 Å². The zero-order chi connectivity index (χ0) is 14.8. The summed E-state index contributed by atoms with van der Waals surface area (Å²) in [6, 6.07) is 12.6. The summed E-state index contributed by atoms with van der Waals surface area (Å²) in [6.07, 6.45) is 0. The summed E-state index contributed by atoms with van der Waals surface area (Å²) in [4.78, 5) is 12.5. The van der Waals surface area contributed by atoms with Crippen LogP contribution >= 0.6 is 15.9 Å². The molecule has 0 radical (unpaired) electrons. The molecule has 2 aromatic carbocycles. The van der Waals surface area contributed by atoms with Crippen LogP contribution in [0.1, 0.15) is 17.3 Å². The van der Waals surface area contributed by atoms with Gasteiger partial charge >= 0.3 is 0 Å². The van der Waals surface area contributed by atoms with E-state index in [0.717, 1.165) is 4.47 Å². The predicted molar refractivity (Wildman–Crippen MR) is 82.6 cm³/mol. The van der Waals surface area contributed by atoms with E-state index in [0.29, 0.717) is 29.0 Å². The highest BCUT2D eigenvalue weighted by atomic mass is 79.9.